The number of isocyanates is 1. The molecule has 0 aromatic heterocycles. The van der Waals surface area contributed by atoms with Crippen LogP contribution in [0, 0.1) is 5.82 Å². The van der Waals surface area contributed by atoms with Gasteiger partial charge in [0.1, 0.15) is 5.75 Å². The third kappa shape index (κ3) is 2.33. The minimum atomic E-state index is -0.519. The van der Waals surface area contributed by atoms with Gasteiger partial charge in [0.05, 0.1) is 26.3 Å². The second kappa shape index (κ2) is 5.12. The highest BCUT2D eigenvalue weighted by Gasteiger charge is 2.14. The van der Waals surface area contributed by atoms with Gasteiger partial charge in [-0.15, -0.1) is 0 Å². The molecule has 0 aliphatic rings. The minimum Gasteiger partial charge on any atom is -0.496 e. The fourth-order valence-corrected chi connectivity index (χ4v) is 1.25. The van der Waals surface area contributed by atoms with Gasteiger partial charge in [0.2, 0.25) is 6.08 Å². The van der Waals surface area contributed by atoms with Crippen molar-refractivity contribution in [3.05, 3.63) is 23.5 Å². The molecule has 4 nitrogen and oxygen atoms in total. The van der Waals surface area contributed by atoms with Crippen LogP contribution in [0.5, 0.6) is 11.5 Å². The molecule has 1 rings (SSSR count). The van der Waals surface area contributed by atoms with Crippen LogP contribution in [0.4, 0.5) is 4.39 Å². The first-order valence-electron chi connectivity index (χ1n) is 4.17. The van der Waals surface area contributed by atoms with Crippen molar-refractivity contribution in [3.8, 4) is 11.5 Å². The van der Waals surface area contributed by atoms with Crippen LogP contribution in [-0.2, 0) is 11.3 Å². The van der Waals surface area contributed by atoms with E-state index in [0.29, 0.717) is 11.3 Å². The second-order valence-electron chi connectivity index (χ2n) is 2.67. The first-order valence-corrected chi connectivity index (χ1v) is 4.17. The van der Waals surface area contributed by atoms with E-state index < -0.39 is 5.82 Å². The van der Waals surface area contributed by atoms with E-state index in [2.05, 4.69) is 4.99 Å². The molecule has 0 N–H and O–H groups in total. The molecule has 0 spiro atoms. The van der Waals surface area contributed by atoms with Crippen molar-refractivity contribution in [3.63, 3.8) is 0 Å². The van der Waals surface area contributed by atoms with Crippen LogP contribution in [0.1, 0.15) is 5.56 Å². The number of halogens is 1. The molecule has 0 atom stereocenters. The van der Waals surface area contributed by atoms with Gasteiger partial charge in [-0.2, -0.15) is 0 Å². The predicted molar refractivity (Wildman–Crippen MR) is 51.3 cm³/mol. The van der Waals surface area contributed by atoms with Gasteiger partial charge in [-0.05, 0) is 12.1 Å². The summed E-state index contributed by atoms with van der Waals surface area (Å²) in [5.41, 5.74) is 0.392. The molecule has 0 bridgehead atoms. The lowest BCUT2D eigenvalue weighted by molar-refractivity contribution is 0.366. The van der Waals surface area contributed by atoms with Crippen LogP contribution in [-0.4, -0.2) is 20.3 Å². The third-order valence-electron chi connectivity index (χ3n) is 1.90. The number of aliphatic imine (C=N–C) groups is 1. The van der Waals surface area contributed by atoms with Crippen LogP contribution < -0.4 is 9.47 Å². The Labute approximate surface area is 86.3 Å². The van der Waals surface area contributed by atoms with Crippen molar-refractivity contribution < 1.29 is 18.7 Å². The van der Waals surface area contributed by atoms with Crippen LogP contribution in [0.15, 0.2) is 17.1 Å². The van der Waals surface area contributed by atoms with E-state index in [-0.39, 0.29) is 12.3 Å². The summed E-state index contributed by atoms with van der Waals surface area (Å²) in [5.74, 6) is -0.0602. The van der Waals surface area contributed by atoms with E-state index in [9.17, 15) is 9.18 Å². The van der Waals surface area contributed by atoms with Crippen molar-refractivity contribution in [2.75, 3.05) is 14.2 Å². The monoisotopic (exact) mass is 211 g/mol. The Hall–Kier alpha value is -1.87. The molecule has 1 aromatic carbocycles. The van der Waals surface area contributed by atoms with Crippen LogP contribution in [0.3, 0.4) is 0 Å². The topological polar surface area (TPSA) is 47.9 Å². The highest BCUT2D eigenvalue weighted by atomic mass is 19.1. The molecule has 5 heteroatoms. The van der Waals surface area contributed by atoms with Crippen LogP contribution in [0.2, 0.25) is 0 Å². The maximum absolute atomic E-state index is 13.3. The van der Waals surface area contributed by atoms with Crippen LogP contribution >= 0.6 is 0 Å². The number of ether oxygens (including phenoxy) is 2. The standard InChI is InChI=1S/C10H10FNO3/c1-14-9-4-3-8(11)10(15-2)7(9)5-12-6-13/h3-4H,5H2,1-2H3. The SMILES string of the molecule is COc1ccc(F)c(OC)c1CN=C=O. The number of benzene rings is 1. The number of hydrogen-bond acceptors (Lipinski definition) is 4. The predicted octanol–water partition coefficient (Wildman–Crippen LogP) is 1.68. The number of rotatable bonds is 4. The van der Waals surface area contributed by atoms with E-state index in [1.54, 1.807) is 0 Å². The van der Waals surface area contributed by atoms with Gasteiger partial charge in [0.25, 0.3) is 0 Å². The van der Waals surface area contributed by atoms with Gasteiger partial charge in [-0.1, -0.05) is 0 Å². The van der Waals surface area contributed by atoms with E-state index in [0.717, 1.165) is 0 Å². The molecule has 0 amide bonds. The molecule has 0 heterocycles. The maximum Gasteiger partial charge on any atom is 0.235 e. The summed E-state index contributed by atoms with van der Waals surface area (Å²) in [7, 11) is 2.78. The van der Waals surface area contributed by atoms with Crippen molar-refractivity contribution in [2.45, 2.75) is 6.54 Å². The summed E-state index contributed by atoms with van der Waals surface area (Å²) >= 11 is 0. The minimum absolute atomic E-state index is 0.0202. The molecule has 0 saturated carbocycles. The highest BCUT2D eigenvalue weighted by molar-refractivity contribution is 5.47. The van der Waals surface area contributed by atoms with Crippen LogP contribution in [0.25, 0.3) is 0 Å². The summed E-state index contributed by atoms with van der Waals surface area (Å²) in [6.45, 7) is -0.0202. The Bertz CT molecular complexity index is 400. The van der Waals surface area contributed by atoms with Gasteiger partial charge in [-0.25, -0.2) is 14.2 Å². The van der Waals surface area contributed by atoms with E-state index >= 15 is 0 Å². The maximum atomic E-state index is 13.3. The summed E-state index contributed by atoms with van der Waals surface area (Å²) in [5, 5.41) is 0. The van der Waals surface area contributed by atoms with Gasteiger partial charge in [0, 0.05) is 0 Å². The lowest BCUT2D eigenvalue weighted by Gasteiger charge is -2.11. The smallest absolute Gasteiger partial charge is 0.235 e. The van der Waals surface area contributed by atoms with E-state index in [1.807, 2.05) is 0 Å². The summed E-state index contributed by atoms with van der Waals surface area (Å²) in [6.07, 6.45) is 1.38. The number of nitrogens with zero attached hydrogens (tertiary/aromatic N) is 1. The molecule has 0 saturated heterocycles. The van der Waals surface area contributed by atoms with Crippen molar-refractivity contribution in [1.29, 1.82) is 0 Å². The molecular formula is C10H10FNO3. The zero-order valence-corrected chi connectivity index (χ0v) is 8.41. The Kier molecular flexibility index (Phi) is 3.83. The van der Waals surface area contributed by atoms with Gasteiger partial charge >= 0.3 is 0 Å². The molecule has 15 heavy (non-hydrogen) atoms. The molecule has 0 fully saturated rings. The molecule has 80 valence electrons. The number of hydrogen-bond donors (Lipinski definition) is 0. The quantitative estimate of drug-likeness (QED) is 0.562. The molecule has 1 aromatic rings. The average Bonchev–Trinajstić information content (AvgIpc) is 2.26. The highest BCUT2D eigenvalue weighted by Crippen LogP contribution is 2.31. The lowest BCUT2D eigenvalue weighted by Crippen LogP contribution is -1.98. The zero-order chi connectivity index (χ0) is 11.3. The average molecular weight is 211 g/mol. The fourth-order valence-electron chi connectivity index (χ4n) is 1.25. The molecule has 0 aliphatic heterocycles. The van der Waals surface area contributed by atoms with Gasteiger partial charge in [0.15, 0.2) is 11.6 Å². The summed E-state index contributed by atoms with van der Waals surface area (Å²) in [4.78, 5) is 13.4. The normalized spacial score (nSPS) is 9.27. The Morgan fingerprint density at radius 3 is 2.67 bits per heavy atom. The van der Waals surface area contributed by atoms with E-state index in [1.165, 1.54) is 32.4 Å². The number of methoxy groups -OCH3 is 2. The molecule has 0 unspecified atom stereocenters. The third-order valence-corrected chi connectivity index (χ3v) is 1.90. The van der Waals surface area contributed by atoms with Crippen molar-refractivity contribution >= 4 is 6.08 Å². The summed E-state index contributed by atoms with van der Waals surface area (Å²) < 4.78 is 23.1. The number of carbonyl (C=O) groups excluding carboxylic acids is 1. The van der Waals surface area contributed by atoms with Gasteiger partial charge in [-0.3, -0.25) is 0 Å². The molecule has 0 radical (unpaired) electrons. The second-order valence-corrected chi connectivity index (χ2v) is 2.67. The van der Waals surface area contributed by atoms with E-state index in [4.69, 9.17) is 9.47 Å². The lowest BCUT2D eigenvalue weighted by atomic mass is 10.1. The first-order chi connectivity index (χ1) is 7.24. The van der Waals surface area contributed by atoms with Crippen molar-refractivity contribution in [1.82, 2.24) is 0 Å². The fraction of sp³-hybridized carbons (Fsp3) is 0.300. The summed E-state index contributed by atoms with van der Waals surface area (Å²) in [6, 6.07) is 2.68. The Balaban J connectivity index is 3.26. The Morgan fingerprint density at radius 2 is 2.13 bits per heavy atom. The zero-order valence-electron chi connectivity index (χ0n) is 8.41. The largest absolute Gasteiger partial charge is 0.496 e. The van der Waals surface area contributed by atoms with Crippen molar-refractivity contribution in [2.24, 2.45) is 4.99 Å². The first kappa shape index (κ1) is 11.2. The molecular weight excluding hydrogens is 201 g/mol. The van der Waals surface area contributed by atoms with Gasteiger partial charge < -0.3 is 9.47 Å². The Morgan fingerprint density at radius 1 is 1.40 bits per heavy atom. The molecule has 0 aliphatic carbocycles.